The molecule has 3 N–H and O–H groups in total. The second kappa shape index (κ2) is 8.75. The van der Waals surface area contributed by atoms with Crippen LogP contribution in [0.4, 0.5) is 11.8 Å². The molecule has 0 aliphatic carbocycles. The average Bonchev–Trinajstić information content (AvgIpc) is 3.04. The number of nitrogens with zero attached hydrogens (tertiary/aromatic N) is 2. The Morgan fingerprint density at radius 2 is 2.41 bits per heavy atom. The van der Waals surface area contributed by atoms with E-state index in [1.165, 1.54) is 0 Å². The highest BCUT2D eigenvalue weighted by molar-refractivity contribution is 5.52. The number of hydrogen-bond acceptors (Lipinski definition) is 7. The lowest BCUT2D eigenvalue weighted by molar-refractivity contribution is 0.131. The smallest absolute Gasteiger partial charge is 0.226 e. The van der Waals surface area contributed by atoms with E-state index < -0.39 is 0 Å². The Morgan fingerprint density at radius 1 is 1.55 bits per heavy atom. The van der Waals surface area contributed by atoms with Gasteiger partial charge in [-0.3, -0.25) is 0 Å². The van der Waals surface area contributed by atoms with Gasteiger partial charge >= 0.3 is 0 Å². The molecule has 1 saturated heterocycles. The molecule has 0 aromatic carbocycles. The van der Waals surface area contributed by atoms with Crippen molar-refractivity contribution in [2.45, 2.75) is 51.3 Å². The van der Waals surface area contributed by atoms with E-state index in [0.717, 1.165) is 38.7 Å². The van der Waals surface area contributed by atoms with Crippen LogP contribution in [0.25, 0.3) is 0 Å². The van der Waals surface area contributed by atoms with Crippen LogP contribution in [0.1, 0.15) is 39.0 Å². The molecule has 1 fully saturated rings. The third-order valence-electron chi connectivity index (χ3n) is 3.66. The molecule has 7 nitrogen and oxygen atoms in total. The molecule has 124 valence electrons. The van der Waals surface area contributed by atoms with Crippen molar-refractivity contribution in [3.63, 3.8) is 0 Å². The molecule has 1 aromatic rings. The third kappa shape index (κ3) is 4.71. The standard InChI is InChI=1S/C15H26N4O3/c1-3-4-6-11(10-20)17-14-12(21-2)9-16-15(19-14)18-13-7-5-8-22-13/h9,11,13,20H,3-8,10H2,1-2H3,(H2,16,17,18,19). The molecule has 1 aromatic heterocycles. The quantitative estimate of drug-likeness (QED) is 0.643. The summed E-state index contributed by atoms with van der Waals surface area (Å²) < 4.78 is 10.8. The normalized spacial score (nSPS) is 19.0. The fourth-order valence-corrected chi connectivity index (χ4v) is 2.38. The van der Waals surface area contributed by atoms with Gasteiger partial charge in [-0.05, 0) is 19.3 Å². The van der Waals surface area contributed by atoms with E-state index in [2.05, 4.69) is 27.5 Å². The fraction of sp³-hybridized carbons (Fsp3) is 0.733. The molecule has 0 bridgehead atoms. The monoisotopic (exact) mass is 310 g/mol. The van der Waals surface area contributed by atoms with Crippen molar-refractivity contribution >= 4 is 11.8 Å². The maximum Gasteiger partial charge on any atom is 0.226 e. The summed E-state index contributed by atoms with van der Waals surface area (Å²) >= 11 is 0. The molecule has 0 amide bonds. The highest BCUT2D eigenvalue weighted by Gasteiger charge is 2.18. The number of methoxy groups -OCH3 is 1. The Kier molecular flexibility index (Phi) is 6.67. The summed E-state index contributed by atoms with van der Waals surface area (Å²) in [5.74, 6) is 1.66. The first-order valence-electron chi connectivity index (χ1n) is 7.93. The SMILES string of the molecule is CCCCC(CO)Nc1nc(NC2CCCO2)ncc1OC. The zero-order valence-corrected chi connectivity index (χ0v) is 13.3. The molecule has 0 spiro atoms. The summed E-state index contributed by atoms with van der Waals surface area (Å²) in [6.07, 6.45) is 6.61. The first kappa shape index (κ1) is 16.8. The van der Waals surface area contributed by atoms with Crippen molar-refractivity contribution in [2.75, 3.05) is 31.0 Å². The number of nitrogens with one attached hydrogen (secondary N) is 2. The van der Waals surface area contributed by atoms with Gasteiger partial charge in [-0.1, -0.05) is 19.8 Å². The minimum atomic E-state index is -0.0423. The Morgan fingerprint density at radius 3 is 3.05 bits per heavy atom. The number of aliphatic hydroxyl groups excluding tert-OH is 1. The van der Waals surface area contributed by atoms with Gasteiger partial charge in [0.1, 0.15) is 6.23 Å². The van der Waals surface area contributed by atoms with Crippen LogP contribution in [0.15, 0.2) is 6.20 Å². The molecule has 0 saturated carbocycles. The van der Waals surface area contributed by atoms with E-state index >= 15 is 0 Å². The van der Waals surface area contributed by atoms with Crippen LogP contribution in [0, 0.1) is 0 Å². The Bertz CT molecular complexity index is 452. The number of hydrogen-bond donors (Lipinski definition) is 3. The first-order chi connectivity index (χ1) is 10.8. The Labute approximate surface area is 131 Å². The van der Waals surface area contributed by atoms with Crippen molar-refractivity contribution in [3.8, 4) is 5.75 Å². The van der Waals surface area contributed by atoms with Crippen LogP contribution >= 0.6 is 0 Å². The van der Waals surface area contributed by atoms with Crippen LogP contribution in [0.3, 0.4) is 0 Å². The van der Waals surface area contributed by atoms with Gasteiger partial charge in [0.2, 0.25) is 5.95 Å². The number of aromatic nitrogens is 2. The van der Waals surface area contributed by atoms with Gasteiger partial charge in [-0.15, -0.1) is 0 Å². The number of aliphatic hydroxyl groups is 1. The first-order valence-corrected chi connectivity index (χ1v) is 7.93. The number of unbranched alkanes of at least 4 members (excludes halogenated alkanes) is 1. The lowest BCUT2D eigenvalue weighted by Gasteiger charge is -2.19. The summed E-state index contributed by atoms with van der Waals surface area (Å²) in [6.45, 7) is 2.95. The van der Waals surface area contributed by atoms with Crippen LogP contribution in [0.2, 0.25) is 0 Å². The van der Waals surface area contributed by atoms with E-state index in [9.17, 15) is 5.11 Å². The summed E-state index contributed by atoms with van der Waals surface area (Å²) in [5.41, 5.74) is 0. The van der Waals surface area contributed by atoms with Crippen molar-refractivity contribution in [1.82, 2.24) is 9.97 Å². The van der Waals surface area contributed by atoms with Gasteiger partial charge in [-0.2, -0.15) is 4.98 Å². The predicted molar refractivity (Wildman–Crippen MR) is 85.2 cm³/mol. The topological polar surface area (TPSA) is 88.5 Å². The number of ether oxygens (including phenoxy) is 2. The van der Waals surface area contributed by atoms with Gasteiger partial charge in [0.25, 0.3) is 0 Å². The van der Waals surface area contributed by atoms with Crippen molar-refractivity contribution in [1.29, 1.82) is 0 Å². The maximum absolute atomic E-state index is 9.49. The maximum atomic E-state index is 9.49. The van der Waals surface area contributed by atoms with Crippen LogP contribution < -0.4 is 15.4 Å². The molecule has 1 aliphatic heterocycles. The minimum Gasteiger partial charge on any atom is -0.491 e. The summed E-state index contributed by atoms with van der Waals surface area (Å²) in [6, 6.07) is -0.0423. The molecular formula is C15H26N4O3. The van der Waals surface area contributed by atoms with Gasteiger partial charge in [0.05, 0.1) is 26.0 Å². The summed E-state index contributed by atoms with van der Waals surface area (Å²) in [4.78, 5) is 8.69. The number of anilines is 2. The van der Waals surface area contributed by atoms with E-state index in [1.54, 1.807) is 13.3 Å². The molecule has 22 heavy (non-hydrogen) atoms. The Hall–Kier alpha value is -1.60. The van der Waals surface area contributed by atoms with Crippen molar-refractivity contribution in [2.24, 2.45) is 0 Å². The molecule has 7 heteroatoms. The molecule has 0 radical (unpaired) electrons. The predicted octanol–water partition coefficient (Wildman–Crippen LogP) is 2.00. The highest BCUT2D eigenvalue weighted by Crippen LogP contribution is 2.24. The number of rotatable bonds is 9. The third-order valence-corrected chi connectivity index (χ3v) is 3.66. The van der Waals surface area contributed by atoms with E-state index in [-0.39, 0.29) is 18.9 Å². The molecule has 2 unspecified atom stereocenters. The molecule has 2 rings (SSSR count). The summed E-state index contributed by atoms with van der Waals surface area (Å²) in [5, 5.41) is 15.9. The molecule has 1 aliphatic rings. The van der Waals surface area contributed by atoms with Gasteiger partial charge in [0, 0.05) is 6.61 Å². The van der Waals surface area contributed by atoms with Crippen molar-refractivity contribution < 1.29 is 14.6 Å². The second-order valence-electron chi connectivity index (χ2n) is 5.42. The Balaban J connectivity index is 2.05. The fourth-order valence-electron chi connectivity index (χ4n) is 2.38. The van der Waals surface area contributed by atoms with Gasteiger partial charge in [0.15, 0.2) is 11.6 Å². The molecule has 2 heterocycles. The molecule has 2 atom stereocenters. The van der Waals surface area contributed by atoms with Crippen molar-refractivity contribution in [3.05, 3.63) is 6.20 Å². The highest BCUT2D eigenvalue weighted by atomic mass is 16.5. The van der Waals surface area contributed by atoms with E-state index in [0.29, 0.717) is 17.5 Å². The zero-order chi connectivity index (χ0) is 15.8. The average molecular weight is 310 g/mol. The summed E-state index contributed by atoms with van der Waals surface area (Å²) in [7, 11) is 1.58. The van der Waals surface area contributed by atoms with Crippen LogP contribution in [-0.2, 0) is 4.74 Å². The van der Waals surface area contributed by atoms with E-state index in [4.69, 9.17) is 9.47 Å². The largest absolute Gasteiger partial charge is 0.491 e. The molecular weight excluding hydrogens is 284 g/mol. The zero-order valence-electron chi connectivity index (χ0n) is 13.3. The van der Waals surface area contributed by atoms with Crippen LogP contribution in [-0.4, -0.2) is 47.7 Å². The minimum absolute atomic E-state index is 0.0324. The van der Waals surface area contributed by atoms with Gasteiger partial charge in [-0.25, -0.2) is 4.98 Å². The lowest BCUT2D eigenvalue weighted by atomic mass is 10.1. The van der Waals surface area contributed by atoms with E-state index in [1.807, 2.05) is 0 Å². The van der Waals surface area contributed by atoms with Crippen LogP contribution in [0.5, 0.6) is 5.75 Å². The van der Waals surface area contributed by atoms with Gasteiger partial charge < -0.3 is 25.2 Å². The second-order valence-corrected chi connectivity index (χ2v) is 5.42. The lowest BCUT2D eigenvalue weighted by Crippen LogP contribution is -2.25.